The van der Waals surface area contributed by atoms with Crippen LogP contribution in [0, 0.1) is 0 Å². The molecule has 0 saturated heterocycles. The van der Waals surface area contributed by atoms with Crippen molar-refractivity contribution in [2.75, 3.05) is 7.05 Å². The van der Waals surface area contributed by atoms with Crippen LogP contribution in [0.4, 0.5) is 0 Å². The van der Waals surface area contributed by atoms with Gasteiger partial charge < -0.3 is 4.98 Å². The number of hydroxylamine groups is 1. The predicted octanol–water partition coefficient (Wildman–Crippen LogP) is 3.28. The minimum atomic E-state index is -0.476. The number of H-pyrrole nitrogens is 1. The molecule has 3 aromatic rings. The van der Waals surface area contributed by atoms with Crippen molar-refractivity contribution in [1.29, 1.82) is 0 Å². The van der Waals surface area contributed by atoms with Crippen molar-refractivity contribution in [1.82, 2.24) is 15.4 Å². The monoisotopic (exact) mass is 349 g/mol. The summed E-state index contributed by atoms with van der Waals surface area (Å²) >= 11 is 0. The van der Waals surface area contributed by atoms with Crippen LogP contribution in [-0.4, -0.2) is 34.1 Å². The molecule has 1 atom stereocenters. The molecule has 1 aliphatic carbocycles. The fourth-order valence-electron chi connectivity index (χ4n) is 3.98. The van der Waals surface area contributed by atoms with Crippen LogP contribution < -0.4 is 5.48 Å². The van der Waals surface area contributed by atoms with Crippen LogP contribution in [0.3, 0.4) is 0 Å². The molecule has 0 bridgehead atoms. The first-order valence-electron chi connectivity index (χ1n) is 8.98. The van der Waals surface area contributed by atoms with E-state index >= 15 is 0 Å². The number of benzene rings is 2. The van der Waals surface area contributed by atoms with Crippen LogP contribution in [0.25, 0.3) is 10.9 Å². The van der Waals surface area contributed by atoms with Gasteiger partial charge in [-0.3, -0.25) is 14.9 Å². The van der Waals surface area contributed by atoms with Gasteiger partial charge in [0.2, 0.25) is 0 Å². The Labute approximate surface area is 152 Å². The first kappa shape index (κ1) is 16.8. The molecule has 0 spiro atoms. The fraction of sp³-hybridized carbons (Fsp3) is 0.286. The summed E-state index contributed by atoms with van der Waals surface area (Å²) in [6.07, 6.45) is 3.09. The largest absolute Gasteiger partial charge is 0.358 e. The number of aryl methyl sites for hydroxylation is 1. The Morgan fingerprint density at radius 1 is 1.27 bits per heavy atom. The highest BCUT2D eigenvalue weighted by Crippen LogP contribution is 2.31. The Bertz CT molecular complexity index is 933. The molecular weight excluding hydrogens is 326 g/mol. The maximum atomic E-state index is 11.7. The summed E-state index contributed by atoms with van der Waals surface area (Å²) < 4.78 is 0. The molecule has 4 rings (SSSR count). The second kappa shape index (κ2) is 6.94. The van der Waals surface area contributed by atoms with Crippen LogP contribution in [0.2, 0.25) is 0 Å². The average Bonchev–Trinajstić information content (AvgIpc) is 3.05. The first-order chi connectivity index (χ1) is 12.7. The molecule has 1 aliphatic rings. The van der Waals surface area contributed by atoms with Gasteiger partial charge in [0.25, 0.3) is 5.91 Å². The van der Waals surface area contributed by atoms with Gasteiger partial charge in [0, 0.05) is 34.7 Å². The number of aromatic nitrogens is 1. The van der Waals surface area contributed by atoms with E-state index in [0.717, 1.165) is 36.7 Å². The molecule has 1 aromatic heterocycles. The zero-order chi connectivity index (χ0) is 18.1. The molecule has 2 aromatic carbocycles. The van der Waals surface area contributed by atoms with E-state index in [1.165, 1.54) is 16.8 Å². The van der Waals surface area contributed by atoms with E-state index in [4.69, 9.17) is 5.21 Å². The lowest BCUT2D eigenvalue weighted by molar-refractivity contribution is 0.0706. The van der Waals surface area contributed by atoms with Crippen LogP contribution >= 0.6 is 0 Å². The number of likely N-dealkylation sites (N-methyl/N-ethyl adjacent to an activating group) is 1. The van der Waals surface area contributed by atoms with Gasteiger partial charge in [0.05, 0.1) is 0 Å². The van der Waals surface area contributed by atoms with Crippen molar-refractivity contribution in [3.05, 3.63) is 70.9 Å². The molecule has 26 heavy (non-hydrogen) atoms. The topological polar surface area (TPSA) is 68.4 Å². The van der Waals surface area contributed by atoms with E-state index in [0.29, 0.717) is 11.6 Å². The SMILES string of the molecule is CN(Cc1ccccc1)C1CCc2[nH]c3ccc(C(=O)NO)cc3c2C1. The Morgan fingerprint density at radius 3 is 2.85 bits per heavy atom. The third kappa shape index (κ3) is 3.11. The summed E-state index contributed by atoms with van der Waals surface area (Å²) in [5.41, 5.74) is 7.13. The van der Waals surface area contributed by atoms with Gasteiger partial charge >= 0.3 is 0 Å². The Kier molecular flexibility index (Phi) is 4.49. The highest BCUT2D eigenvalue weighted by atomic mass is 16.5. The van der Waals surface area contributed by atoms with Crippen LogP contribution in [-0.2, 0) is 19.4 Å². The lowest BCUT2D eigenvalue weighted by Crippen LogP contribution is -2.35. The molecule has 5 heteroatoms. The minimum Gasteiger partial charge on any atom is -0.358 e. The number of fused-ring (bicyclic) bond motifs is 3. The maximum absolute atomic E-state index is 11.7. The molecular formula is C21H23N3O2. The highest BCUT2D eigenvalue weighted by Gasteiger charge is 2.25. The van der Waals surface area contributed by atoms with Crippen molar-refractivity contribution < 1.29 is 10.0 Å². The Morgan fingerprint density at radius 2 is 2.08 bits per heavy atom. The number of amides is 1. The summed E-state index contributed by atoms with van der Waals surface area (Å²) in [5, 5.41) is 9.97. The Balaban J connectivity index is 1.59. The van der Waals surface area contributed by atoms with Crippen molar-refractivity contribution in [3.63, 3.8) is 0 Å². The molecule has 1 unspecified atom stereocenters. The number of nitrogens with zero attached hydrogens (tertiary/aromatic N) is 1. The van der Waals surface area contributed by atoms with Gasteiger partial charge in [0.1, 0.15) is 0 Å². The molecule has 0 radical (unpaired) electrons. The molecule has 3 N–H and O–H groups in total. The standard InChI is InChI=1S/C21H23N3O2/c1-24(13-14-5-3-2-4-6-14)16-8-10-20-18(12-16)17-11-15(21(25)23-26)7-9-19(17)22-20/h2-7,9,11,16,22,26H,8,10,12-13H2,1H3,(H,23,25). The Hall–Kier alpha value is -2.63. The van der Waals surface area contributed by atoms with Gasteiger partial charge in [-0.2, -0.15) is 0 Å². The van der Waals surface area contributed by atoms with Gasteiger partial charge in [-0.15, -0.1) is 0 Å². The second-order valence-corrected chi connectivity index (χ2v) is 7.08. The zero-order valence-electron chi connectivity index (χ0n) is 14.8. The smallest absolute Gasteiger partial charge is 0.274 e. The number of carbonyl (C=O) groups is 1. The van der Waals surface area contributed by atoms with Gasteiger partial charge in [0.15, 0.2) is 0 Å². The molecule has 0 fully saturated rings. The van der Waals surface area contributed by atoms with E-state index < -0.39 is 5.91 Å². The van der Waals surface area contributed by atoms with Gasteiger partial charge in [-0.25, -0.2) is 5.48 Å². The van der Waals surface area contributed by atoms with Crippen molar-refractivity contribution in [2.45, 2.75) is 31.8 Å². The summed E-state index contributed by atoms with van der Waals surface area (Å²) in [6.45, 7) is 0.932. The number of hydrogen-bond acceptors (Lipinski definition) is 3. The molecule has 1 amide bonds. The highest BCUT2D eigenvalue weighted by molar-refractivity contribution is 5.98. The predicted molar refractivity (Wildman–Crippen MR) is 101 cm³/mol. The number of carbonyl (C=O) groups excluding carboxylic acids is 1. The van der Waals surface area contributed by atoms with E-state index in [-0.39, 0.29) is 0 Å². The normalized spacial score (nSPS) is 16.7. The second-order valence-electron chi connectivity index (χ2n) is 7.08. The maximum Gasteiger partial charge on any atom is 0.274 e. The molecule has 5 nitrogen and oxygen atoms in total. The fourth-order valence-corrected chi connectivity index (χ4v) is 3.98. The number of rotatable bonds is 4. The van der Waals surface area contributed by atoms with Crippen molar-refractivity contribution in [2.24, 2.45) is 0 Å². The average molecular weight is 349 g/mol. The molecule has 1 heterocycles. The van der Waals surface area contributed by atoms with E-state index in [9.17, 15) is 4.79 Å². The van der Waals surface area contributed by atoms with Crippen molar-refractivity contribution in [3.8, 4) is 0 Å². The van der Waals surface area contributed by atoms with E-state index in [2.05, 4.69) is 41.2 Å². The summed E-state index contributed by atoms with van der Waals surface area (Å²) in [4.78, 5) is 17.7. The summed E-state index contributed by atoms with van der Waals surface area (Å²) in [5.74, 6) is -0.476. The lowest BCUT2D eigenvalue weighted by atomic mass is 9.90. The quantitative estimate of drug-likeness (QED) is 0.500. The third-order valence-corrected chi connectivity index (χ3v) is 5.42. The van der Waals surface area contributed by atoms with Gasteiger partial charge in [-0.1, -0.05) is 30.3 Å². The summed E-state index contributed by atoms with van der Waals surface area (Å²) in [7, 11) is 2.18. The first-order valence-corrected chi connectivity index (χ1v) is 8.98. The van der Waals surface area contributed by atoms with Crippen LogP contribution in [0.15, 0.2) is 48.5 Å². The third-order valence-electron chi connectivity index (χ3n) is 5.42. The lowest BCUT2D eigenvalue weighted by Gasteiger charge is -2.31. The zero-order valence-corrected chi connectivity index (χ0v) is 14.8. The van der Waals surface area contributed by atoms with Gasteiger partial charge in [-0.05, 0) is 55.6 Å². The number of nitrogens with one attached hydrogen (secondary N) is 2. The van der Waals surface area contributed by atoms with Crippen molar-refractivity contribution >= 4 is 16.8 Å². The molecule has 134 valence electrons. The van der Waals surface area contributed by atoms with Crippen LogP contribution in [0.1, 0.15) is 33.6 Å². The van der Waals surface area contributed by atoms with Crippen LogP contribution in [0.5, 0.6) is 0 Å². The van der Waals surface area contributed by atoms with E-state index in [1.807, 2.05) is 18.2 Å². The number of hydrogen-bond donors (Lipinski definition) is 3. The summed E-state index contributed by atoms with van der Waals surface area (Å²) in [6, 6.07) is 16.5. The molecule has 0 saturated carbocycles. The molecule has 0 aliphatic heterocycles. The minimum absolute atomic E-state index is 0.469. The van der Waals surface area contributed by atoms with E-state index in [1.54, 1.807) is 11.5 Å². The number of aromatic amines is 1.